The molecule has 21 heavy (non-hydrogen) atoms. The molecule has 0 aliphatic heterocycles. The van der Waals surface area contributed by atoms with E-state index in [1.807, 2.05) is 13.8 Å². The minimum absolute atomic E-state index is 0.0674. The minimum atomic E-state index is -0.403. The summed E-state index contributed by atoms with van der Waals surface area (Å²) in [4.78, 5) is 23.5. The topological polar surface area (TPSA) is 107 Å². The first kappa shape index (κ1) is 14.6. The van der Waals surface area contributed by atoms with Gasteiger partial charge in [0.15, 0.2) is 0 Å². The van der Waals surface area contributed by atoms with Crippen molar-refractivity contribution in [2.75, 3.05) is 18.2 Å². The molecular weight excluding hydrogens is 270 g/mol. The van der Waals surface area contributed by atoms with Gasteiger partial charge >= 0.3 is 0 Å². The van der Waals surface area contributed by atoms with Crippen LogP contribution in [0.25, 0.3) is 0 Å². The summed E-state index contributed by atoms with van der Waals surface area (Å²) < 4.78 is 5.33. The number of benzene rings is 1. The maximum Gasteiger partial charge on any atom is 0.204 e. The van der Waals surface area contributed by atoms with E-state index >= 15 is 0 Å². The molecule has 0 saturated heterocycles. The molecule has 110 valence electrons. The Morgan fingerprint density at radius 3 is 2.38 bits per heavy atom. The predicted octanol–water partition coefficient (Wildman–Crippen LogP) is 1.18. The molecule has 1 aliphatic carbocycles. The summed E-state index contributed by atoms with van der Waals surface area (Å²) in [7, 11) is 1.52. The van der Waals surface area contributed by atoms with Crippen LogP contribution in [0.2, 0.25) is 0 Å². The van der Waals surface area contributed by atoms with Gasteiger partial charge in [0.25, 0.3) is 0 Å². The molecule has 1 aliphatic rings. The lowest BCUT2D eigenvalue weighted by molar-refractivity contribution is -0.115. The van der Waals surface area contributed by atoms with Crippen LogP contribution in [0, 0.1) is 13.8 Å². The van der Waals surface area contributed by atoms with Gasteiger partial charge in [0.05, 0.1) is 24.2 Å². The van der Waals surface area contributed by atoms with Crippen molar-refractivity contribution in [1.82, 2.24) is 0 Å². The third kappa shape index (κ3) is 2.60. The highest BCUT2D eigenvalue weighted by Crippen LogP contribution is 2.35. The predicted molar refractivity (Wildman–Crippen MR) is 80.9 cm³/mol. The van der Waals surface area contributed by atoms with Gasteiger partial charge in [-0.05, 0) is 25.5 Å². The number of rotatable bonds is 3. The average Bonchev–Trinajstić information content (AvgIpc) is 2.42. The Morgan fingerprint density at radius 1 is 1.10 bits per heavy atom. The Labute approximate surface area is 122 Å². The molecule has 0 aromatic heterocycles. The third-order valence-corrected chi connectivity index (χ3v) is 3.36. The molecule has 0 spiro atoms. The molecule has 6 heteroatoms. The Bertz CT molecular complexity index is 703. The van der Waals surface area contributed by atoms with Crippen molar-refractivity contribution >= 4 is 22.9 Å². The number of ketones is 2. The number of anilines is 2. The molecule has 5 N–H and O–H groups in total. The highest BCUT2D eigenvalue weighted by Gasteiger charge is 2.20. The maximum absolute atomic E-state index is 11.9. The number of ether oxygens (including phenoxy) is 1. The molecule has 2 rings (SSSR count). The summed E-state index contributed by atoms with van der Waals surface area (Å²) in [5.74, 6) is -0.233. The number of carbonyl (C=O) groups excluding carboxylic acids is 2. The van der Waals surface area contributed by atoms with Gasteiger partial charge in [-0.25, -0.2) is 0 Å². The highest BCUT2D eigenvalue weighted by atomic mass is 16.5. The molecule has 0 atom stereocenters. The Kier molecular flexibility index (Phi) is 3.71. The van der Waals surface area contributed by atoms with E-state index in [0.717, 1.165) is 17.2 Å². The standard InChI is InChI=1S/C15H17N3O3/c1-7-4-11(15(21-3)8(2)14(7)17)18-10-6-12(19)9(16)5-13(10)20/h4-6,18H,16-17H2,1-3H3. The number of aryl methyl sites for hydroxylation is 1. The van der Waals surface area contributed by atoms with E-state index < -0.39 is 5.78 Å². The summed E-state index contributed by atoms with van der Waals surface area (Å²) in [5, 5.41) is 2.92. The molecule has 0 saturated carbocycles. The zero-order valence-electron chi connectivity index (χ0n) is 12.1. The van der Waals surface area contributed by atoms with E-state index in [2.05, 4.69) is 5.32 Å². The van der Waals surface area contributed by atoms with Crippen LogP contribution in [0.15, 0.2) is 29.6 Å². The zero-order valence-corrected chi connectivity index (χ0v) is 12.1. The van der Waals surface area contributed by atoms with E-state index in [1.165, 1.54) is 13.2 Å². The molecule has 1 aromatic carbocycles. The van der Waals surface area contributed by atoms with Crippen molar-refractivity contribution in [3.8, 4) is 5.75 Å². The molecule has 0 fully saturated rings. The summed E-state index contributed by atoms with van der Waals surface area (Å²) in [6.07, 6.45) is 2.28. The van der Waals surface area contributed by atoms with Gasteiger partial charge in [-0.1, -0.05) is 0 Å². The monoisotopic (exact) mass is 287 g/mol. The first-order chi connectivity index (χ1) is 9.85. The van der Waals surface area contributed by atoms with Crippen LogP contribution >= 0.6 is 0 Å². The SMILES string of the molecule is COc1c(NC2=CC(=O)C(N)=CC2=O)cc(C)c(N)c1C. The molecule has 0 unspecified atom stereocenters. The van der Waals surface area contributed by atoms with Crippen molar-refractivity contribution in [1.29, 1.82) is 0 Å². The van der Waals surface area contributed by atoms with E-state index in [0.29, 0.717) is 17.1 Å². The Balaban J connectivity index is 2.43. The average molecular weight is 287 g/mol. The zero-order chi connectivity index (χ0) is 15.7. The molecular formula is C15H17N3O3. The van der Waals surface area contributed by atoms with E-state index in [-0.39, 0.29) is 17.2 Å². The number of nitrogen functional groups attached to an aromatic ring is 1. The van der Waals surface area contributed by atoms with Crippen molar-refractivity contribution in [3.63, 3.8) is 0 Å². The second kappa shape index (κ2) is 5.32. The molecule has 1 aromatic rings. The number of carbonyl (C=O) groups is 2. The van der Waals surface area contributed by atoms with Crippen LogP contribution in [-0.2, 0) is 9.59 Å². The molecule has 0 amide bonds. The van der Waals surface area contributed by atoms with Crippen LogP contribution in [0.3, 0.4) is 0 Å². The molecule has 6 nitrogen and oxygen atoms in total. The second-order valence-electron chi connectivity index (χ2n) is 4.82. The largest absolute Gasteiger partial charge is 0.494 e. The molecule has 0 radical (unpaired) electrons. The number of allylic oxidation sites excluding steroid dienone is 2. The van der Waals surface area contributed by atoms with Crippen molar-refractivity contribution in [2.45, 2.75) is 13.8 Å². The first-order valence-electron chi connectivity index (χ1n) is 6.33. The number of hydrogen-bond acceptors (Lipinski definition) is 6. The van der Waals surface area contributed by atoms with Gasteiger partial charge < -0.3 is 21.5 Å². The van der Waals surface area contributed by atoms with E-state index in [1.54, 1.807) is 6.07 Å². The van der Waals surface area contributed by atoms with Crippen molar-refractivity contribution < 1.29 is 14.3 Å². The lowest BCUT2D eigenvalue weighted by atomic mass is 10.0. The fourth-order valence-electron chi connectivity index (χ4n) is 2.15. The first-order valence-corrected chi connectivity index (χ1v) is 6.33. The van der Waals surface area contributed by atoms with Gasteiger partial charge in [0.1, 0.15) is 5.75 Å². The van der Waals surface area contributed by atoms with Gasteiger partial charge in [-0.2, -0.15) is 0 Å². The summed E-state index contributed by atoms with van der Waals surface area (Å²) in [5.41, 5.74) is 14.3. The van der Waals surface area contributed by atoms with Crippen molar-refractivity contribution in [3.05, 3.63) is 40.7 Å². The van der Waals surface area contributed by atoms with Gasteiger partial charge in [-0.3, -0.25) is 9.59 Å². The van der Waals surface area contributed by atoms with Gasteiger partial charge in [0, 0.05) is 23.4 Å². The fourth-order valence-corrected chi connectivity index (χ4v) is 2.15. The molecule has 0 bridgehead atoms. The Morgan fingerprint density at radius 2 is 1.76 bits per heavy atom. The van der Waals surface area contributed by atoms with Gasteiger partial charge in [0.2, 0.25) is 11.6 Å². The number of nitrogens with one attached hydrogen (secondary N) is 1. The number of hydrogen-bond donors (Lipinski definition) is 3. The third-order valence-electron chi connectivity index (χ3n) is 3.36. The van der Waals surface area contributed by atoms with Gasteiger partial charge in [-0.15, -0.1) is 0 Å². The van der Waals surface area contributed by atoms with Crippen LogP contribution in [-0.4, -0.2) is 18.7 Å². The molecule has 0 heterocycles. The number of nitrogens with two attached hydrogens (primary N) is 2. The van der Waals surface area contributed by atoms with Crippen molar-refractivity contribution in [2.24, 2.45) is 5.73 Å². The van der Waals surface area contributed by atoms with Crippen LogP contribution in [0.4, 0.5) is 11.4 Å². The normalized spacial score (nSPS) is 14.6. The quantitative estimate of drug-likeness (QED) is 0.569. The lowest BCUT2D eigenvalue weighted by Crippen LogP contribution is -2.22. The van der Waals surface area contributed by atoms with E-state index in [4.69, 9.17) is 16.2 Å². The summed E-state index contributed by atoms with van der Waals surface area (Å²) >= 11 is 0. The van der Waals surface area contributed by atoms with E-state index in [9.17, 15) is 9.59 Å². The fraction of sp³-hybridized carbons (Fsp3) is 0.200. The Hall–Kier alpha value is -2.76. The van der Waals surface area contributed by atoms with Crippen LogP contribution in [0.1, 0.15) is 11.1 Å². The smallest absolute Gasteiger partial charge is 0.204 e. The summed E-state index contributed by atoms with van der Waals surface area (Å²) in [6, 6.07) is 1.77. The lowest BCUT2D eigenvalue weighted by Gasteiger charge is -2.18. The minimum Gasteiger partial charge on any atom is -0.494 e. The highest BCUT2D eigenvalue weighted by molar-refractivity contribution is 6.20. The van der Waals surface area contributed by atoms with Crippen LogP contribution < -0.4 is 21.5 Å². The second-order valence-corrected chi connectivity index (χ2v) is 4.82. The number of methoxy groups -OCH3 is 1. The summed E-state index contributed by atoms with van der Waals surface area (Å²) in [6.45, 7) is 3.68. The maximum atomic E-state index is 11.9. The van der Waals surface area contributed by atoms with Crippen LogP contribution in [0.5, 0.6) is 5.75 Å².